The van der Waals surface area contributed by atoms with Crippen LogP contribution in [0.3, 0.4) is 0 Å². The molecule has 2 heterocycles. The molecule has 0 saturated carbocycles. The summed E-state index contributed by atoms with van der Waals surface area (Å²) in [6.07, 6.45) is 8.36. The average molecular weight is 367 g/mol. The van der Waals surface area contributed by atoms with Gasteiger partial charge >= 0.3 is 0 Å². The Labute approximate surface area is 154 Å². The van der Waals surface area contributed by atoms with E-state index >= 15 is 0 Å². The maximum atomic E-state index is 10.2. The molecule has 3 unspecified atom stereocenters. The molecule has 4 nitrogen and oxygen atoms in total. The monoisotopic (exact) mass is 366 g/mol. The Morgan fingerprint density at radius 2 is 2.00 bits per heavy atom. The van der Waals surface area contributed by atoms with E-state index in [0.29, 0.717) is 0 Å². The lowest BCUT2D eigenvalue weighted by atomic mass is 10.2. The molecule has 0 spiro atoms. The van der Waals surface area contributed by atoms with Crippen molar-refractivity contribution in [3.8, 4) is 0 Å². The van der Waals surface area contributed by atoms with Crippen LogP contribution >= 0.6 is 10.3 Å². The van der Waals surface area contributed by atoms with Crippen LogP contribution in [0.15, 0.2) is 24.3 Å². The Morgan fingerprint density at radius 1 is 1.24 bits per heavy atom. The van der Waals surface area contributed by atoms with Crippen molar-refractivity contribution in [1.29, 1.82) is 0 Å². The van der Waals surface area contributed by atoms with Crippen molar-refractivity contribution in [3.63, 3.8) is 0 Å². The lowest BCUT2D eigenvalue weighted by molar-refractivity contribution is 0.163. The molecule has 2 aliphatic rings. The van der Waals surface area contributed by atoms with Gasteiger partial charge in [0.2, 0.25) is 0 Å². The second-order valence-corrected chi connectivity index (χ2v) is 10.6. The summed E-state index contributed by atoms with van der Waals surface area (Å²) >= 11 is 0. The number of hydrogen-bond acceptors (Lipinski definition) is 4. The number of aliphatic hydroxyl groups excluding tert-OH is 1. The molecule has 0 radical (unpaired) electrons. The quantitative estimate of drug-likeness (QED) is 0.310. The minimum absolute atomic E-state index is 0.167. The third-order valence-corrected chi connectivity index (χ3v) is 8.04. The van der Waals surface area contributed by atoms with Crippen LogP contribution in [-0.4, -0.2) is 35.6 Å². The summed E-state index contributed by atoms with van der Waals surface area (Å²) in [5.74, 6) is 3.35. The van der Waals surface area contributed by atoms with E-state index in [-0.39, 0.29) is 6.04 Å². The number of unbranched alkanes of at least 4 members (excludes halogenated alkanes) is 4. The standard InChI is InChI=1S/C20H34N2O2S/c1-2-3-4-5-6-14-25(16-24-25)15-17-9-11-18(12-10-17)22-20(23)19-8-7-13-21-19/h9-12,19-23H,2-8,13-16H2,1H3. The molecule has 2 fully saturated rings. The van der Waals surface area contributed by atoms with Gasteiger partial charge in [0, 0.05) is 17.2 Å². The first-order valence-corrected chi connectivity index (χ1v) is 11.9. The fourth-order valence-electron chi connectivity index (χ4n) is 3.56. The smallest absolute Gasteiger partial charge is 0.139 e. The number of rotatable bonds is 11. The van der Waals surface area contributed by atoms with Gasteiger partial charge < -0.3 is 19.9 Å². The van der Waals surface area contributed by atoms with Gasteiger partial charge in [-0.3, -0.25) is 0 Å². The van der Waals surface area contributed by atoms with Gasteiger partial charge in [-0.15, -0.1) is 10.3 Å². The van der Waals surface area contributed by atoms with Crippen LogP contribution in [0.4, 0.5) is 5.69 Å². The zero-order valence-corrected chi connectivity index (χ0v) is 16.3. The summed E-state index contributed by atoms with van der Waals surface area (Å²) in [6, 6.07) is 8.71. The number of anilines is 1. The zero-order chi connectivity index (χ0) is 17.5. The Bertz CT molecular complexity index is 513. The highest BCUT2D eigenvalue weighted by Crippen LogP contribution is 2.66. The van der Waals surface area contributed by atoms with E-state index < -0.39 is 16.5 Å². The van der Waals surface area contributed by atoms with Gasteiger partial charge in [-0.1, -0.05) is 44.7 Å². The first kappa shape index (κ1) is 19.0. The summed E-state index contributed by atoms with van der Waals surface area (Å²) in [6.45, 7) is 3.27. The number of aliphatic hydroxyl groups is 1. The maximum Gasteiger partial charge on any atom is 0.139 e. The van der Waals surface area contributed by atoms with Crippen LogP contribution in [0.25, 0.3) is 0 Å². The molecular formula is C20H34N2O2S. The van der Waals surface area contributed by atoms with Crippen molar-refractivity contribution < 1.29 is 9.29 Å². The number of benzene rings is 1. The van der Waals surface area contributed by atoms with E-state index in [1.807, 2.05) is 0 Å². The molecule has 1 aromatic rings. The van der Waals surface area contributed by atoms with Gasteiger partial charge in [0.05, 0.1) is 6.04 Å². The van der Waals surface area contributed by atoms with E-state index in [0.717, 1.165) is 36.8 Å². The van der Waals surface area contributed by atoms with E-state index in [4.69, 9.17) is 4.18 Å². The Hall–Kier alpha value is -0.750. The van der Waals surface area contributed by atoms with Crippen LogP contribution in [0.1, 0.15) is 57.4 Å². The van der Waals surface area contributed by atoms with E-state index in [2.05, 4.69) is 41.8 Å². The highest BCUT2D eigenvalue weighted by atomic mass is 32.3. The molecule has 5 heteroatoms. The Kier molecular flexibility index (Phi) is 7.05. The molecule has 3 N–H and O–H groups in total. The summed E-state index contributed by atoms with van der Waals surface area (Å²) in [4.78, 5) is 0. The average Bonchev–Trinajstić information content (AvgIpc) is 3.15. The van der Waals surface area contributed by atoms with Crippen molar-refractivity contribution in [1.82, 2.24) is 5.32 Å². The van der Waals surface area contributed by atoms with Crippen LogP contribution in [0.2, 0.25) is 0 Å². The van der Waals surface area contributed by atoms with Crippen molar-refractivity contribution >= 4 is 16.0 Å². The van der Waals surface area contributed by atoms with Crippen LogP contribution in [0, 0.1) is 0 Å². The van der Waals surface area contributed by atoms with Crippen molar-refractivity contribution in [2.24, 2.45) is 0 Å². The lowest BCUT2D eigenvalue weighted by Crippen LogP contribution is -2.39. The molecule has 3 rings (SSSR count). The molecule has 0 aromatic heterocycles. The van der Waals surface area contributed by atoms with Crippen LogP contribution in [-0.2, 0) is 9.94 Å². The van der Waals surface area contributed by atoms with Crippen molar-refractivity contribution in [2.75, 3.05) is 23.6 Å². The molecule has 2 saturated heterocycles. The number of hydrogen-bond donors (Lipinski definition) is 3. The molecule has 2 aliphatic heterocycles. The topological polar surface area (TPSA) is 56.8 Å². The number of nitrogens with one attached hydrogen (secondary N) is 2. The van der Waals surface area contributed by atoms with Crippen molar-refractivity contribution in [2.45, 2.75) is 69.9 Å². The van der Waals surface area contributed by atoms with Crippen LogP contribution in [0.5, 0.6) is 0 Å². The first-order valence-electron chi connectivity index (χ1n) is 9.88. The second kappa shape index (κ2) is 9.26. The summed E-state index contributed by atoms with van der Waals surface area (Å²) in [5, 5.41) is 16.8. The summed E-state index contributed by atoms with van der Waals surface area (Å²) < 4.78 is 5.89. The fraction of sp³-hybridized carbons (Fsp3) is 0.700. The van der Waals surface area contributed by atoms with Crippen molar-refractivity contribution in [3.05, 3.63) is 29.8 Å². The fourth-order valence-corrected chi connectivity index (χ4v) is 6.18. The predicted octanol–water partition coefficient (Wildman–Crippen LogP) is 4.35. The molecule has 0 amide bonds. The third-order valence-electron chi connectivity index (χ3n) is 5.25. The van der Waals surface area contributed by atoms with Gasteiger partial charge in [-0.25, -0.2) is 0 Å². The largest absolute Gasteiger partial charge is 0.372 e. The lowest BCUT2D eigenvalue weighted by Gasteiger charge is -2.21. The van der Waals surface area contributed by atoms with Gasteiger partial charge in [-0.05, 0) is 43.5 Å². The SMILES string of the molecule is CCCCCCCS1(Cc2ccc(NC(O)C3CCCN3)cc2)CO1. The highest BCUT2D eigenvalue weighted by Gasteiger charge is 2.38. The molecule has 0 bridgehead atoms. The van der Waals surface area contributed by atoms with Gasteiger partial charge in [0.15, 0.2) is 0 Å². The van der Waals surface area contributed by atoms with Gasteiger partial charge in [-0.2, -0.15) is 0 Å². The maximum absolute atomic E-state index is 10.2. The normalized spacial score (nSPS) is 29.1. The van der Waals surface area contributed by atoms with Gasteiger partial charge in [0.1, 0.15) is 12.2 Å². The third kappa shape index (κ3) is 5.88. The molecule has 0 aliphatic carbocycles. The Balaban J connectivity index is 1.42. The molecule has 1 aromatic carbocycles. The predicted molar refractivity (Wildman–Crippen MR) is 108 cm³/mol. The molecule has 3 atom stereocenters. The second-order valence-electron chi connectivity index (χ2n) is 7.45. The highest BCUT2D eigenvalue weighted by molar-refractivity contribution is 8.33. The first-order chi connectivity index (χ1) is 12.2. The van der Waals surface area contributed by atoms with E-state index in [1.54, 1.807) is 0 Å². The Morgan fingerprint density at radius 3 is 2.64 bits per heavy atom. The molecule has 142 valence electrons. The summed E-state index contributed by atoms with van der Waals surface area (Å²) in [5.41, 5.74) is 2.35. The molecule has 25 heavy (non-hydrogen) atoms. The van der Waals surface area contributed by atoms with Gasteiger partial charge in [0.25, 0.3) is 0 Å². The van der Waals surface area contributed by atoms with E-state index in [1.165, 1.54) is 43.4 Å². The van der Waals surface area contributed by atoms with E-state index in [9.17, 15) is 5.11 Å². The van der Waals surface area contributed by atoms with Crippen LogP contribution < -0.4 is 10.6 Å². The minimum Gasteiger partial charge on any atom is -0.372 e. The minimum atomic E-state index is -0.801. The zero-order valence-electron chi connectivity index (χ0n) is 15.5. The summed E-state index contributed by atoms with van der Waals surface area (Å²) in [7, 11) is -0.801. The molecular weight excluding hydrogens is 332 g/mol.